The lowest BCUT2D eigenvalue weighted by Gasteiger charge is -2.33. The van der Waals surface area contributed by atoms with Crippen LogP contribution in [-0.2, 0) is 14.4 Å². The fraction of sp³-hybridized carbons (Fsp3) is 0.429. The maximum atomic E-state index is 13.4. The molecule has 8 heteroatoms. The Morgan fingerprint density at radius 1 is 0.977 bits per heavy atom. The van der Waals surface area contributed by atoms with Gasteiger partial charge in [0.2, 0.25) is 0 Å². The molecule has 3 aromatic carbocycles. The third-order valence-electron chi connectivity index (χ3n) is 8.21. The molecule has 2 aliphatic heterocycles. The molecule has 3 aromatic rings. The van der Waals surface area contributed by atoms with Gasteiger partial charge in [-0.25, -0.2) is 10.3 Å². The molecule has 43 heavy (non-hydrogen) atoms. The van der Waals surface area contributed by atoms with Crippen molar-refractivity contribution in [1.82, 2.24) is 15.7 Å². The summed E-state index contributed by atoms with van der Waals surface area (Å²) in [5, 5.41) is 5.18. The Hall–Kier alpha value is -3.72. The van der Waals surface area contributed by atoms with E-state index >= 15 is 0 Å². The van der Waals surface area contributed by atoms with Crippen molar-refractivity contribution in [3.63, 3.8) is 0 Å². The van der Waals surface area contributed by atoms with Crippen molar-refractivity contribution in [2.24, 2.45) is 0 Å². The number of ether oxygens (including phenoxy) is 2. The summed E-state index contributed by atoms with van der Waals surface area (Å²) in [4.78, 5) is 33.9. The molecule has 2 fully saturated rings. The van der Waals surface area contributed by atoms with Crippen LogP contribution in [0.3, 0.4) is 0 Å². The Morgan fingerprint density at radius 3 is 2.60 bits per heavy atom. The highest BCUT2D eigenvalue weighted by molar-refractivity contribution is 5.98. The summed E-state index contributed by atoms with van der Waals surface area (Å²) < 4.78 is 11.7. The smallest absolute Gasteiger partial charge is 0.274 e. The predicted octanol–water partition coefficient (Wildman–Crippen LogP) is 5.87. The molecule has 5 rings (SSSR count). The van der Waals surface area contributed by atoms with E-state index in [1.807, 2.05) is 60.7 Å². The fourth-order valence-corrected chi connectivity index (χ4v) is 5.65. The van der Waals surface area contributed by atoms with E-state index in [1.54, 1.807) is 12.1 Å². The van der Waals surface area contributed by atoms with Gasteiger partial charge in [-0.15, -0.1) is 0 Å². The molecule has 8 nitrogen and oxygen atoms in total. The zero-order chi connectivity index (χ0) is 29.9. The molecule has 0 aromatic heterocycles. The van der Waals surface area contributed by atoms with Crippen LogP contribution >= 0.6 is 0 Å². The van der Waals surface area contributed by atoms with Crippen molar-refractivity contribution in [2.75, 3.05) is 32.8 Å². The molecule has 2 saturated heterocycles. The fourth-order valence-electron chi connectivity index (χ4n) is 5.65. The third-order valence-corrected chi connectivity index (χ3v) is 8.21. The van der Waals surface area contributed by atoms with Crippen molar-refractivity contribution in [1.29, 1.82) is 0 Å². The van der Waals surface area contributed by atoms with Crippen molar-refractivity contribution in [3.8, 4) is 5.75 Å². The van der Waals surface area contributed by atoms with Gasteiger partial charge >= 0.3 is 0 Å². The van der Waals surface area contributed by atoms with Gasteiger partial charge in [0.25, 0.3) is 11.8 Å². The lowest BCUT2D eigenvalue weighted by molar-refractivity contribution is -0.186. The molecule has 0 saturated carbocycles. The minimum Gasteiger partial charge on any atom is -0.488 e. The van der Waals surface area contributed by atoms with Crippen LogP contribution in [0, 0.1) is 0 Å². The molecule has 2 atom stereocenters. The lowest BCUT2D eigenvalue weighted by Crippen LogP contribution is -2.39. The number of piperidine rings is 1. The predicted molar refractivity (Wildman–Crippen MR) is 169 cm³/mol. The van der Waals surface area contributed by atoms with Crippen LogP contribution in [-0.4, -0.2) is 61.9 Å². The number of carbonyl (C=O) groups excluding carboxylic acids is 2. The zero-order valence-corrected chi connectivity index (χ0v) is 25.1. The van der Waals surface area contributed by atoms with E-state index in [9.17, 15) is 9.59 Å². The van der Waals surface area contributed by atoms with Gasteiger partial charge in [0.15, 0.2) is 6.29 Å². The molecule has 0 radical (unpaired) electrons. The van der Waals surface area contributed by atoms with Crippen molar-refractivity contribution in [2.45, 2.75) is 64.2 Å². The Labute approximate surface area is 254 Å². The summed E-state index contributed by atoms with van der Waals surface area (Å²) in [7, 11) is 0. The second kappa shape index (κ2) is 15.7. The van der Waals surface area contributed by atoms with Gasteiger partial charge in [0.05, 0.1) is 5.57 Å². The Morgan fingerprint density at radius 2 is 1.79 bits per heavy atom. The standard InChI is InChI=1S/C35H43N3O5/c1-26-10-4-6-21-38(26)22-9-20-36-34(39)30(25-42-32-14-8-12-28-11-2-3-13-31(28)32)24-27-16-18-29(19-17-27)35(40)37-43-33-15-5-7-23-41-33/h2-3,8,11-14,16-19,24,26,33H,4-7,9-10,15,20-23,25H2,1H3,(H,36,39)(H,37,40). The molecular formula is C35H43N3O5. The highest BCUT2D eigenvalue weighted by Gasteiger charge is 2.19. The summed E-state index contributed by atoms with van der Waals surface area (Å²) in [6, 6.07) is 21.6. The minimum atomic E-state index is -0.411. The highest BCUT2D eigenvalue weighted by atomic mass is 16.8. The number of hydroxylamine groups is 1. The Bertz CT molecular complexity index is 1380. The van der Waals surface area contributed by atoms with E-state index in [1.165, 1.54) is 19.3 Å². The zero-order valence-electron chi connectivity index (χ0n) is 25.1. The molecule has 2 N–H and O–H groups in total. The molecular weight excluding hydrogens is 542 g/mol. The molecule has 228 valence electrons. The maximum absolute atomic E-state index is 13.4. The lowest BCUT2D eigenvalue weighted by atomic mass is 10.0. The van der Waals surface area contributed by atoms with E-state index in [4.69, 9.17) is 14.3 Å². The van der Waals surface area contributed by atoms with Gasteiger partial charge < -0.3 is 19.7 Å². The number of rotatable bonds is 12. The average Bonchev–Trinajstić information content (AvgIpc) is 3.05. The van der Waals surface area contributed by atoms with E-state index in [-0.39, 0.29) is 18.4 Å². The molecule has 0 aliphatic carbocycles. The number of carbonyl (C=O) groups is 2. The van der Waals surface area contributed by atoms with Crippen LogP contribution in [0.25, 0.3) is 16.8 Å². The van der Waals surface area contributed by atoms with Gasteiger partial charge in [-0.2, -0.15) is 0 Å². The van der Waals surface area contributed by atoms with Gasteiger partial charge in [0, 0.05) is 43.1 Å². The quantitative estimate of drug-likeness (QED) is 0.157. The van der Waals surface area contributed by atoms with Gasteiger partial charge in [0.1, 0.15) is 12.4 Å². The first-order valence-electron chi connectivity index (χ1n) is 15.6. The first-order valence-corrected chi connectivity index (χ1v) is 15.6. The minimum absolute atomic E-state index is 0.112. The number of benzene rings is 3. The number of likely N-dealkylation sites (tertiary alicyclic amines) is 1. The van der Waals surface area contributed by atoms with E-state index in [2.05, 4.69) is 22.6 Å². The van der Waals surface area contributed by atoms with Crippen molar-refractivity contribution < 1.29 is 23.9 Å². The second-order valence-electron chi connectivity index (χ2n) is 11.4. The molecule has 0 spiro atoms. The summed E-state index contributed by atoms with van der Waals surface area (Å²) >= 11 is 0. The van der Waals surface area contributed by atoms with Crippen LogP contribution in [0.15, 0.2) is 72.3 Å². The number of nitrogens with zero attached hydrogens (tertiary/aromatic N) is 1. The SMILES string of the molecule is CC1CCCCN1CCCNC(=O)C(=Cc1ccc(C(=O)NOC2CCCCO2)cc1)COc1cccc2ccccc12. The molecule has 2 aliphatic rings. The normalized spacial score (nSPS) is 19.6. The summed E-state index contributed by atoms with van der Waals surface area (Å²) in [6.45, 7) is 5.74. The van der Waals surface area contributed by atoms with E-state index in [0.29, 0.717) is 30.3 Å². The van der Waals surface area contributed by atoms with Crippen LogP contribution in [0.1, 0.15) is 67.8 Å². The summed E-state index contributed by atoms with van der Waals surface area (Å²) in [6.07, 6.45) is 8.87. The van der Waals surface area contributed by atoms with Gasteiger partial charge in [-0.05, 0) is 80.8 Å². The van der Waals surface area contributed by atoms with E-state index < -0.39 is 6.29 Å². The highest BCUT2D eigenvalue weighted by Crippen LogP contribution is 2.26. The summed E-state index contributed by atoms with van der Waals surface area (Å²) in [5.74, 6) is 0.226. The van der Waals surface area contributed by atoms with Crippen LogP contribution in [0.5, 0.6) is 5.75 Å². The Balaban J connectivity index is 1.23. The van der Waals surface area contributed by atoms with Gasteiger partial charge in [-0.3, -0.25) is 9.59 Å². The second-order valence-corrected chi connectivity index (χ2v) is 11.4. The van der Waals surface area contributed by atoms with Crippen LogP contribution in [0.4, 0.5) is 0 Å². The first-order chi connectivity index (χ1) is 21.1. The van der Waals surface area contributed by atoms with Gasteiger partial charge in [-0.1, -0.05) is 55.0 Å². The molecule has 2 amide bonds. The monoisotopic (exact) mass is 585 g/mol. The molecule has 0 bridgehead atoms. The molecule has 2 heterocycles. The number of hydrogen-bond donors (Lipinski definition) is 2. The number of amides is 2. The topological polar surface area (TPSA) is 89.1 Å². The molecule has 2 unspecified atom stereocenters. The van der Waals surface area contributed by atoms with E-state index in [0.717, 1.165) is 60.9 Å². The Kier molecular flexibility index (Phi) is 11.2. The number of fused-ring (bicyclic) bond motifs is 1. The third kappa shape index (κ3) is 8.89. The number of hydrogen-bond acceptors (Lipinski definition) is 6. The largest absolute Gasteiger partial charge is 0.488 e. The average molecular weight is 586 g/mol. The van der Waals surface area contributed by atoms with Crippen LogP contribution in [0.2, 0.25) is 0 Å². The van der Waals surface area contributed by atoms with Crippen molar-refractivity contribution >= 4 is 28.7 Å². The maximum Gasteiger partial charge on any atom is 0.274 e. The summed E-state index contributed by atoms with van der Waals surface area (Å²) in [5.41, 5.74) is 4.25. The number of nitrogens with one attached hydrogen (secondary N) is 2. The van der Waals surface area contributed by atoms with Crippen LogP contribution < -0.4 is 15.5 Å². The van der Waals surface area contributed by atoms with Crippen molar-refractivity contribution in [3.05, 3.63) is 83.4 Å². The first kappa shape index (κ1) is 30.7.